The van der Waals surface area contributed by atoms with Crippen molar-refractivity contribution in [2.24, 2.45) is 0 Å². The van der Waals surface area contributed by atoms with Gasteiger partial charge in [-0.3, -0.25) is 4.79 Å². The zero-order valence-corrected chi connectivity index (χ0v) is 14.1. The number of aryl methyl sites for hydroxylation is 1. The Morgan fingerprint density at radius 1 is 1.25 bits per heavy atom. The second kappa shape index (κ2) is 6.57. The van der Waals surface area contributed by atoms with E-state index >= 15 is 0 Å². The predicted octanol–water partition coefficient (Wildman–Crippen LogP) is 3.27. The second-order valence-corrected chi connectivity index (χ2v) is 5.64. The van der Waals surface area contributed by atoms with Crippen LogP contribution in [0.2, 0.25) is 0 Å². The third-order valence-electron chi connectivity index (χ3n) is 4.19. The van der Waals surface area contributed by atoms with Gasteiger partial charge in [0.15, 0.2) is 16.6 Å². The molecule has 2 aromatic heterocycles. The summed E-state index contributed by atoms with van der Waals surface area (Å²) in [6.45, 7) is 8.90. The van der Waals surface area contributed by atoms with Gasteiger partial charge in [0.25, 0.3) is 0 Å². The van der Waals surface area contributed by atoms with Gasteiger partial charge in [0.05, 0.1) is 11.6 Å². The summed E-state index contributed by atoms with van der Waals surface area (Å²) < 4.78 is 17.1. The van der Waals surface area contributed by atoms with Gasteiger partial charge >= 0.3 is 0 Å². The number of nitrogens with zero attached hydrogens (tertiary/aromatic N) is 1. The summed E-state index contributed by atoms with van der Waals surface area (Å²) in [4.78, 5) is 14.5. The molecule has 6 heteroatoms. The van der Waals surface area contributed by atoms with Gasteiger partial charge in [0, 0.05) is 12.6 Å². The molecule has 0 aliphatic heterocycles. The highest BCUT2D eigenvalue weighted by atomic mass is 16.5. The van der Waals surface area contributed by atoms with Crippen LogP contribution in [0.4, 0.5) is 0 Å². The molecule has 3 rings (SSSR count). The van der Waals surface area contributed by atoms with Crippen molar-refractivity contribution >= 4 is 21.9 Å². The van der Waals surface area contributed by atoms with E-state index in [-0.39, 0.29) is 22.1 Å². The Morgan fingerprint density at radius 3 is 2.71 bits per heavy atom. The number of rotatable bonds is 6. The minimum Gasteiger partial charge on any atom is -0.506 e. The third-order valence-corrected chi connectivity index (χ3v) is 4.19. The first kappa shape index (κ1) is 16.4. The fourth-order valence-corrected chi connectivity index (χ4v) is 2.85. The Balaban J connectivity index is 2.11. The maximum Gasteiger partial charge on any atom is 0.206 e. The molecule has 0 spiro atoms. The van der Waals surface area contributed by atoms with Gasteiger partial charge in [-0.05, 0) is 26.1 Å². The number of fused-ring (bicyclic) bond motifs is 2. The zero-order valence-electron chi connectivity index (χ0n) is 14.1. The molecule has 6 nitrogen and oxygen atoms in total. The average Bonchev–Trinajstić information content (AvgIpc) is 3.03. The van der Waals surface area contributed by atoms with Crippen LogP contribution < -0.4 is 10.2 Å². The fourth-order valence-electron chi connectivity index (χ4n) is 2.85. The van der Waals surface area contributed by atoms with Gasteiger partial charge in [-0.1, -0.05) is 13.8 Å². The van der Waals surface area contributed by atoms with Crippen LogP contribution >= 0.6 is 0 Å². The Hall–Kier alpha value is -2.47. The highest BCUT2D eigenvalue weighted by Gasteiger charge is 2.21. The molecule has 128 valence electrons. The zero-order chi connectivity index (χ0) is 17.3. The van der Waals surface area contributed by atoms with Crippen LogP contribution in [0, 0.1) is 6.92 Å². The molecule has 0 fully saturated rings. The number of hydrogen-bond donors (Lipinski definition) is 1. The van der Waals surface area contributed by atoms with E-state index in [1.807, 2.05) is 0 Å². The van der Waals surface area contributed by atoms with Crippen LogP contribution in [0.25, 0.3) is 21.9 Å². The Kier molecular flexibility index (Phi) is 4.49. The van der Waals surface area contributed by atoms with Crippen LogP contribution in [0.3, 0.4) is 0 Å². The van der Waals surface area contributed by atoms with Crippen molar-refractivity contribution in [3.63, 3.8) is 0 Å². The summed E-state index contributed by atoms with van der Waals surface area (Å²) in [5, 5.41) is 11.0. The summed E-state index contributed by atoms with van der Waals surface area (Å²) in [5.74, 6) is 0.667. The highest BCUT2D eigenvalue weighted by Crippen LogP contribution is 2.41. The quantitative estimate of drug-likeness (QED) is 0.747. The van der Waals surface area contributed by atoms with Crippen molar-refractivity contribution in [2.75, 3.05) is 26.2 Å². The lowest BCUT2D eigenvalue weighted by molar-refractivity contribution is 0.222. The number of hydrogen-bond acceptors (Lipinski definition) is 6. The second-order valence-electron chi connectivity index (χ2n) is 5.64. The van der Waals surface area contributed by atoms with Crippen molar-refractivity contribution in [3.05, 3.63) is 34.4 Å². The summed E-state index contributed by atoms with van der Waals surface area (Å²) in [7, 11) is 0. The van der Waals surface area contributed by atoms with Crippen LogP contribution in [-0.2, 0) is 0 Å². The lowest BCUT2D eigenvalue weighted by atomic mass is 10.1. The largest absolute Gasteiger partial charge is 0.506 e. The Morgan fingerprint density at radius 2 is 2.00 bits per heavy atom. The molecule has 0 amide bonds. The number of phenols is 1. The molecule has 0 saturated heterocycles. The Bertz CT molecular complexity index is 920. The van der Waals surface area contributed by atoms with Crippen LogP contribution in [0.15, 0.2) is 32.0 Å². The van der Waals surface area contributed by atoms with Crippen molar-refractivity contribution in [2.45, 2.75) is 20.8 Å². The lowest BCUT2D eigenvalue weighted by Gasteiger charge is -2.18. The molecular weight excluding hydrogens is 310 g/mol. The maximum absolute atomic E-state index is 12.3. The molecule has 1 aromatic carbocycles. The minimum absolute atomic E-state index is 0.118. The van der Waals surface area contributed by atoms with Crippen molar-refractivity contribution in [3.8, 4) is 11.5 Å². The van der Waals surface area contributed by atoms with Crippen molar-refractivity contribution in [1.82, 2.24) is 4.90 Å². The van der Waals surface area contributed by atoms with Crippen LogP contribution in [-0.4, -0.2) is 36.2 Å². The lowest BCUT2D eigenvalue weighted by Crippen LogP contribution is -2.28. The van der Waals surface area contributed by atoms with Gasteiger partial charge in [-0.15, -0.1) is 0 Å². The molecule has 0 saturated carbocycles. The van der Waals surface area contributed by atoms with E-state index in [1.54, 1.807) is 13.0 Å². The number of furan rings is 1. The van der Waals surface area contributed by atoms with Gasteiger partial charge in [-0.25, -0.2) is 0 Å². The molecular formula is C18H21NO5. The first-order valence-electron chi connectivity index (χ1n) is 8.08. The van der Waals surface area contributed by atoms with E-state index in [0.717, 1.165) is 19.6 Å². The van der Waals surface area contributed by atoms with E-state index in [1.165, 1.54) is 12.3 Å². The fraction of sp³-hybridized carbons (Fsp3) is 0.389. The first-order valence-corrected chi connectivity index (χ1v) is 8.08. The van der Waals surface area contributed by atoms with E-state index in [9.17, 15) is 9.90 Å². The topological polar surface area (TPSA) is 76.1 Å². The standard InChI is InChI=1S/C18H21NO5/c1-4-19(5-2)7-9-23-18-16-12(6-8-22-16)15(21)14-13(20)10-11(3)24-17(14)18/h6,8,10,21H,4-5,7,9H2,1-3H3. The van der Waals surface area contributed by atoms with Crippen molar-refractivity contribution in [1.29, 1.82) is 0 Å². The molecule has 3 aromatic rings. The van der Waals surface area contributed by atoms with E-state index in [0.29, 0.717) is 29.1 Å². The first-order chi connectivity index (χ1) is 11.6. The molecule has 2 heterocycles. The number of ether oxygens (including phenoxy) is 1. The summed E-state index contributed by atoms with van der Waals surface area (Å²) in [5.41, 5.74) is 0.302. The summed E-state index contributed by atoms with van der Waals surface area (Å²) >= 11 is 0. The predicted molar refractivity (Wildman–Crippen MR) is 91.9 cm³/mol. The number of aromatic hydroxyl groups is 1. The molecule has 0 bridgehead atoms. The summed E-state index contributed by atoms with van der Waals surface area (Å²) in [6.07, 6.45) is 1.46. The van der Waals surface area contributed by atoms with Gasteiger partial charge < -0.3 is 23.6 Å². The van der Waals surface area contributed by atoms with Crippen molar-refractivity contribution < 1.29 is 18.7 Å². The van der Waals surface area contributed by atoms with Crippen LogP contribution in [0.5, 0.6) is 11.5 Å². The van der Waals surface area contributed by atoms with Gasteiger partial charge in [0.2, 0.25) is 5.75 Å². The molecule has 1 N–H and O–H groups in total. The number of phenolic OH excluding ortho intramolecular Hbond substituents is 1. The molecule has 0 unspecified atom stereocenters. The smallest absolute Gasteiger partial charge is 0.206 e. The summed E-state index contributed by atoms with van der Waals surface area (Å²) in [6, 6.07) is 2.97. The van der Waals surface area contributed by atoms with E-state index < -0.39 is 0 Å². The van der Waals surface area contributed by atoms with Gasteiger partial charge in [-0.2, -0.15) is 0 Å². The number of likely N-dealkylation sites (N-methyl/N-ethyl adjacent to an activating group) is 1. The highest BCUT2D eigenvalue weighted by molar-refractivity contribution is 6.06. The normalized spacial score (nSPS) is 11.7. The molecule has 24 heavy (non-hydrogen) atoms. The molecule has 0 aliphatic rings. The maximum atomic E-state index is 12.3. The SMILES string of the molecule is CCN(CC)CCOc1c2occc2c(O)c2c(=O)cc(C)oc12. The van der Waals surface area contributed by atoms with E-state index in [2.05, 4.69) is 18.7 Å². The molecule has 0 aliphatic carbocycles. The Labute approximate surface area is 139 Å². The minimum atomic E-state index is -0.303. The van der Waals surface area contributed by atoms with E-state index in [4.69, 9.17) is 13.6 Å². The average molecular weight is 331 g/mol. The molecule has 0 atom stereocenters. The number of benzene rings is 1. The third kappa shape index (κ3) is 2.73. The van der Waals surface area contributed by atoms with Crippen LogP contribution in [0.1, 0.15) is 19.6 Å². The monoisotopic (exact) mass is 331 g/mol. The van der Waals surface area contributed by atoms with Gasteiger partial charge in [0.1, 0.15) is 23.5 Å². The molecule has 0 radical (unpaired) electrons.